The maximum absolute atomic E-state index is 9.69. The normalized spacial score (nSPS) is 17.8. The van der Waals surface area contributed by atoms with Crippen LogP contribution in [0.5, 0.6) is 0 Å². The quantitative estimate of drug-likeness (QED) is 0.131. The Hall–Kier alpha value is -3.75. The second-order valence-electron chi connectivity index (χ2n) is 10.2. The topological polar surface area (TPSA) is 92.2 Å². The van der Waals surface area contributed by atoms with Crippen LogP contribution in [0.1, 0.15) is 50.8 Å². The molecule has 40 heavy (non-hydrogen) atoms. The smallest absolute Gasteiger partial charge is 0.229 e. The molecule has 5 rings (SSSR count). The lowest BCUT2D eigenvalue weighted by atomic mass is 10.1. The average molecular weight is 556 g/mol. The van der Waals surface area contributed by atoms with E-state index < -0.39 is 0 Å². The summed E-state index contributed by atoms with van der Waals surface area (Å²) in [5.74, 6) is 2.35. The molecule has 2 unspecified atom stereocenters. The van der Waals surface area contributed by atoms with Crippen molar-refractivity contribution in [3.63, 3.8) is 0 Å². The second kappa shape index (κ2) is 13.1. The number of aliphatic hydroxyl groups is 1. The fourth-order valence-electron chi connectivity index (χ4n) is 4.98. The summed E-state index contributed by atoms with van der Waals surface area (Å²) >= 11 is 1.65. The number of para-hydroxylation sites is 1. The van der Waals surface area contributed by atoms with Crippen molar-refractivity contribution >= 4 is 33.3 Å². The van der Waals surface area contributed by atoms with Gasteiger partial charge in [0.15, 0.2) is 0 Å². The molecule has 3 N–H and O–H groups in total. The highest BCUT2D eigenvalue weighted by molar-refractivity contribution is 7.21. The third kappa shape index (κ3) is 6.69. The number of thiazole rings is 1. The first-order valence-corrected chi connectivity index (χ1v) is 14.8. The Kier molecular flexibility index (Phi) is 9.08. The van der Waals surface area contributed by atoms with Crippen molar-refractivity contribution in [3.05, 3.63) is 89.5 Å². The number of aliphatic hydroxyl groups excluding tert-OH is 1. The molecule has 4 aromatic rings. The van der Waals surface area contributed by atoms with Crippen LogP contribution >= 0.6 is 11.3 Å². The molecular weight excluding hydrogens is 518 g/mol. The molecule has 2 aromatic carbocycles. The highest BCUT2D eigenvalue weighted by Gasteiger charge is 2.27. The first kappa shape index (κ1) is 27.8. The van der Waals surface area contributed by atoms with Crippen molar-refractivity contribution in [2.24, 2.45) is 5.92 Å². The van der Waals surface area contributed by atoms with Gasteiger partial charge in [0.05, 0.1) is 27.2 Å². The zero-order valence-corrected chi connectivity index (χ0v) is 24.2. The number of ether oxygens (including phenoxy) is 1. The van der Waals surface area contributed by atoms with E-state index in [-0.39, 0.29) is 12.6 Å². The molecule has 7 nitrogen and oxygen atoms in total. The highest BCUT2D eigenvalue weighted by atomic mass is 32.1. The van der Waals surface area contributed by atoms with Gasteiger partial charge in [-0.25, -0.2) is 9.97 Å². The van der Waals surface area contributed by atoms with Crippen molar-refractivity contribution in [2.45, 2.75) is 59.1 Å². The van der Waals surface area contributed by atoms with Crippen LogP contribution in [0.4, 0.5) is 11.8 Å². The van der Waals surface area contributed by atoms with E-state index in [4.69, 9.17) is 19.7 Å². The van der Waals surface area contributed by atoms with Gasteiger partial charge in [-0.3, -0.25) is 0 Å². The van der Waals surface area contributed by atoms with Crippen LogP contribution in [0.3, 0.4) is 0 Å². The predicted molar refractivity (Wildman–Crippen MR) is 164 cm³/mol. The number of nitrogens with one attached hydrogen (secondary N) is 2. The molecule has 2 atom stereocenters. The number of allylic oxidation sites excluding steroid dienone is 3. The van der Waals surface area contributed by atoms with E-state index in [1.54, 1.807) is 11.3 Å². The van der Waals surface area contributed by atoms with E-state index in [2.05, 4.69) is 41.8 Å². The molecular formula is C32H37N5O2S. The summed E-state index contributed by atoms with van der Waals surface area (Å²) in [7, 11) is 0. The lowest BCUT2D eigenvalue weighted by Gasteiger charge is -2.19. The van der Waals surface area contributed by atoms with Crippen LogP contribution in [-0.2, 0) is 11.3 Å². The SMILES string of the molecule is CC/C=C\C(Nc1nc(C)c(-c2nc3ccccc3s2)c(NC2CCC(CO)C2)n1)=C(/C)OCc1ccccc1. The van der Waals surface area contributed by atoms with Gasteiger partial charge in [0.1, 0.15) is 23.2 Å². The number of rotatable bonds is 11. The third-order valence-corrected chi connectivity index (χ3v) is 8.24. The molecule has 8 heteroatoms. The Bertz CT molecular complexity index is 1460. The molecule has 2 aromatic heterocycles. The fraction of sp³-hybridized carbons (Fsp3) is 0.344. The monoisotopic (exact) mass is 555 g/mol. The first-order valence-electron chi connectivity index (χ1n) is 14.0. The number of aryl methyl sites for hydroxylation is 1. The predicted octanol–water partition coefficient (Wildman–Crippen LogP) is 7.46. The van der Waals surface area contributed by atoms with Crippen molar-refractivity contribution < 1.29 is 9.84 Å². The van der Waals surface area contributed by atoms with Gasteiger partial charge in [-0.05, 0) is 69.2 Å². The minimum atomic E-state index is 0.221. The first-order chi connectivity index (χ1) is 19.5. The van der Waals surface area contributed by atoms with Crippen LogP contribution in [0, 0.1) is 12.8 Å². The number of anilines is 2. The standard InChI is InChI=1S/C32H37N5O2S/c1-4-5-13-26(22(3)39-20-23-11-7-6-8-12-23)36-32-33-21(2)29(31-35-27-14-9-10-15-28(27)40-31)30(37-32)34-25-17-16-24(18-25)19-38/h5-15,24-25,38H,4,16-20H2,1-3H3,(H2,33,34,36,37)/b13-5-,26-22-. The Morgan fingerprint density at radius 3 is 2.62 bits per heavy atom. The Morgan fingerprint density at radius 2 is 1.88 bits per heavy atom. The molecule has 1 aliphatic carbocycles. The largest absolute Gasteiger partial charge is 0.491 e. The Morgan fingerprint density at radius 1 is 1.07 bits per heavy atom. The minimum Gasteiger partial charge on any atom is -0.491 e. The zero-order chi connectivity index (χ0) is 27.9. The molecule has 0 spiro atoms. The lowest BCUT2D eigenvalue weighted by molar-refractivity contribution is 0.198. The molecule has 0 amide bonds. The van der Waals surface area contributed by atoms with Gasteiger partial charge in [0.25, 0.3) is 0 Å². The molecule has 2 heterocycles. The summed E-state index contributed by atoms with van der Waals surface area (Å²) < 4.78 is 7.27. The van der Waals surface area contributed by atoms with Crippen LogP contribution in [0.25, 0.3) is 20.8 Å². The van der Waals surface area contributed by atoms with E-state index in [0.717, 1.165) is 75.0 Å². The van der Waals surface area contributed by atoms with Gasteiger partial charge in [0, 0.05) is 12.6 Å². The van der Waals surface area contributed by atoms with Crippen LogP contribution in [-0.4, -0.2) is 32.7 Å². The lowest BCUT2D eigenvalue weighted by Crippen LogP contribution is -2.19. The molecule has 1 fully saturated rings. The average Bonchev–Trinajstić information content (AvgIpc) is 3.61. The van der Waals surface area contributed by atoms with E-state index in [1.807, 2.05) is 56.3 Å². The van der Waals surface area contributed by atoms with E-state index in [0.29, 0.717) is 18.5 Å². The molecule has 0 bridgehead atoms. The van der Waals surface area contributed by atoms with Gasteiger partial charge < -0.3 is 20.5 Å². The van der Waals surface area contributed by atoms with Crippen LogP contribution < -0.4 is 10.6 Å². The van der Waals surface area contributed by atoms with E-state index in [9.17, 15) is 5.11 Å². The minimum absolute atomic E-state index is 0.221. The molecule has 1 aliphatic rings. The third-order valence-electron chi connectivity index (χ3n) is 7.18. The number of aromatic nitrogens is 3. The fourth-order valence-corrected chi connectivity index (χ4v) is 6.04. The number of nitrogens with zero attached hydrogens (tertiary/aromatic N) is 3. The molecule has 0 radical (unpaired) electrons. The van der Waals surface area contributed by atoms with Crippen molar-refractivity contribution in [2.75, 3.05) is 17.2 Å². The highest BCUT2D eigenvalue weighted by Crippen LogP contribution is 2.38. The van der Waals surface area contributed by atoms with Crippen molar-refractivity contribution in [1.82, 2.24) is 15.0 Å². The van der Waals surface area contributed by atoms with Gasteiger partial charge in [0.2, 0.25) is 5.95 Å². The number of benzene rings is 2. The summed E-state index contributed by atoms with van der Waals surface area (Å²) in [5.41, 5.74) is 4.66. The molecule has 208 valence electrons. The summed E-state index contributed by atoms with van der Waals surface area (Å²) in [6.45, 7) is 6.77. The van der Waals surface area contributed by atoms with Crippen molar-refractivity contribution in [3.8, 4) is 10.6 Å². The second-order valence-corrected chi connectivity index (χ2v) is 11.3. The summed E-state index contributed by atoms with van der Waals surface area (Å²) in [6.07, 6.45) is 7.93. The molecule has 0 saturated heterocycles. The summed E-state index contributed by atoms with van der Waals surface area (Å²) in [4.78, 5) is 14.8. The van der Waals surface area contributed by atoms with E-state index in [1.165, 1.54) is 0 Å². The van der Waals surface area contributed by atoms with Gasteiger partial charge in [-0.15, -0.1) is 11.3 Å². The maximum atomic E-state index is 9.69. The number of hydrogen-bond acceptors (Lipinski definition) is 8. The Labute approximate surface area is 240 Å². The summed E-state index contributed by atoms with van der Waals surface area (Å²) in [6, 6.07) is 18.5. The number of hydrogen-bond donors (Lipinski definition) is 3. The van der Waals surface area contributed by atoms with Crippen molar-refractivity contribution in [1.29, 1.82) is 0 Å². The maximum Gasteiger partial charge on any atom is 0.229 e. The zero-order valence-electron chi connectivity index (χ0n) is 23.4. The van der Waals surface area contributed by atoms with Gasteiger partial charge in [-0.2, -0.15) is 4.98 Å². The number of fused-ring (bicyclic) bond motifs is 1. The molecule has 1 saturated carbocycles. The van der Waals surface area contributed by atoms with Crippen LogP contribution in [0.2, 0.25) is 0 Å². The Balaban J connectivity index is 1.48. The van der Waals surface area contributed by atoms with Gasteiger partial charge >= 0.3 is 0 Å². The van der Waals surface area contributed by atoms with Gasteiger partial charge in [-0.1, -0.05) is 55.5 Å². The van der Waals surface area contributed by atoms with Crippen LogP contribution in [0.15, 0.2) is 78.2 Å². The summed E-state index contributed by atoms with van der Waals surface area (Å²) in [5, 5.41) is 17.7. The van der Waals surface area contributed by atoms with E-state index >= 15 is 0 Å². The molecule has 0 aliphatic heterocycles.